The number of rotatable bonds is 6. The van der Waals surface area contributed by atoms with Crippen molar-refractivity contribution >= 4 is 15.9 Å². The highest BCUT2D eigenvalue weighted by Crippen LogP contribution is 2.13. The van der Waals surface area contributed by atoms with Crippen molar-refractivity contribution in [1.82, 2.24) is 5.32 Å². The highest BCUT2D eigenvalue weighted by Gasteiger charge is 2.10. The Labute approximate surface area is 136 Å². The number of benzene rings is 2. The maximum atomic E-state index is 12.0. The van der Waals surface area contributed by atoms with E-state index >= 15 is 0 Å². The van der Waals surface area contributed by atoms with E-state index < -0.39 is 10.0 Å². The van der Waals surface area contributed by atoms with E-state index in [4.69, 9.17) is 5.14 Å². The highest BCUT2D eigenvalue weighted by atomic mass is 32.2. The third kappa shape index (κ3) is 5.19. The first kappa shape index (κ1) is 17.2. The summed E-state index contributed by atoms with van der Waals surface area (Å²) in [5.74, 6) is -0.0446. The van der Waals surface area contributed by atoms with E-state index in [2.05, 4.69) is 5.32 Å². The summed E-state index contributed by atoms with van der Waals surface area (Å²) in [6.45, 7) is 1.94. The van der Waals surface area contributed by atoms with Crippen molar-refractivity contribution < 1.29 is 13.2 Å². The third-order valence-corrected chi connectivity index (χ3v) is 4.50. The molecular formula is C17H20N2O3S. The standard InChI is InChI=1S/C17H20N2O3S/c1-13(15-5-3-2-4-6-15)19-17(20)12-9-14-7-10-16(11-8-14)23(18,21)22/h2-8,10-11,13H,9,12H2,1H3,(H,19,20)(H2,18,21,22)/t13-/m1/s1. The van der Waals surface area contributed by atoms with Crippen LogP contribution < -0.4 is 10.5 Å². The first-order valence-electron chi connectivity index (χ1n) is 7.32. The molecule has 2 aromatic carbocycles. The zero-order valence-electron chi connectivity index (χ0n) is 12.9. The van der Waals surface area contributed by atoms with Crippen LogP contribution in [0.2, 0.25) is 0 Å². The summed E-state index contributed by atoms with van der Waals surface area (Å²) < 4.78 is 22.4. The fraction of sp³-hybridized carbons (Fsp3) is 0.235. The Kier molecular flexibility index (Phi) is 5.52. The molecule has 1 atom stereocenters. The number of nitrogens with one attached hydrogen (secondary N) is 1. The van der Waals surface area contributed by atoms with Crippen LogP contribution in [0, 0.1) is 0 Å². The lowest BCUT2D eigenvalue weighted by Crippen LogP contribution is -2.26. The van der Waals surface area contributed by atoms with Crippen LogP contribution in [0.25, 0.3) is 0 Å². The fourth-order valence-electron chi connectivity index (χ4n) is 2.24. The van der Waals surface area contributed by atoms with Gasteiger partial charge in [0.15, 0.2) is 0 Å². The second-order valence-corrected chi connectivity index (χ2v) is 6.95. The van der Waals surface area contributed by atoms with Crippen molar-refractivity contribution in [2.45, 2.75) is 30.7 Å². The molecular weight excluding hydrogens is 312 g/mol. The van der Waals surface area contributed by atoms with Crippen molar-refractivity contribution in [2.75, 3.05) is 0 Å². The molecule has 2 rings (SSSR count). The molecule has 0 aliphatic rings. The Morgan fingerprint density at radius 2 is 1.70 bits per heavy atom. The molecule has 2 aromatic rings. The van der Waals surface area contributed by atoms with Gasteiger partial charge in [0.05, 0.1) is 10.9 Å². The second kappa shape index (κ2) is 7.39. The van der Waals surface area contributed by atoms with E-state index in [9.17, 15) is 13.2 Å². The van der Waals surface area contributed by atoms with Gasteiger partial charge in [-0.25, -0.2) is 13.6 Å². The van der Waals surface area contributed by atoms with Crippen LogP contribution >= 0.6 is 0 Å². The smallest absolute Gasteiger partial charge is 0.238 e. The maximum Gasteiger partial charge on any atom is 0.238 e. The van der Waals surface area contributed by atoms with Gasteiger partial charge in [0.2, 0.25) is 15.9 Å². The van der Waals surface area contributed by atoms with Crippen molar-refractivity contribution in [2.24, 2.45) is 5.14 Å². The lowest BCUT2D eigenvalue weighted by molar-refractivity contribution is -0.121. The molecule has 0 saturated carbocycles. The van der Waals surface area contributed by atoms with Gasteiger partial charge in [-0.2, -0.15) is 0 Å². The fourth-order valence-corrected chi connectivity index (χ4v) is 2.76. The molecule has 0 aliphatic carbocycles. The van der Waals surface area contributed by atoms with Crippen LogP contribution in [0.3, 0.4) is 0 Å². The average Bonchev–Trinajstić information content (AvgIpc) is 2.53. The average molecular weight is 332 g/mol. The summed E-state index contributed by atoms with van der Waals surface area (Å²) in [7, 11) is -3.68. The number of sulfonamides is 1. The Morgan fingerprint density at radius 3 is 2.26 bits per heavy atom. The van der Waals surface area contributed by atoms with E-state index in [-0.39, 0.29) is 16.8 Å². The minimum atomic E-state index is -3.68. The Morgan fingerprint density at radius 1 is 1.09 bits per heavy atom. The molecule has 122 valence electrons. The lowest BCUT2D eigenvalue weighted by atomic mass is 10.1. The molecule has 0 radical (unpaired) electrons. The summed E-state index contributed by atoms with van der Waals surface area (Å²) in [6, 6.07) is 16.0. The van der Waals surface area contributed by atoms with Gasteiger partial charge in [0, 0.05) is 6.42 Å². The van der Waals surface area contributed by atoms with Crippen LogP contribution in [-0.4, -0.2) is 14.3 Å². The van der Waals surface area contributed by atoms with Gasteiger partial charge in [0.25, 0.3) is 0 Å². The number of carbonyl (C=O) groups excluding carboxylic acids is 1. The number of amides is 1. The summed E-state index contributed by atoms with van der Waals surface area (Å²) in [5.41, 5.74) is 1.94. The summed E-state index contributed by atoms with van der Waals surface area (Å²) in [5, 5.41) is 7.99. The summed E-state index contributed by atoms with van der Waals surface area (Å²) in [6.07, 6.45) is 0.879. The Bertz CT molecular complexity index is 756. The number of hydrogen-bond donors (Lipinski definition) is 2. The van der Waals surface area contributed by atoms with Crippen molar-refractivity contribution in [3.63, 3.8) is 0 Å². The quantitative estimate of drug-likeness (QED) is 0.849. The molecule has 0 unspecified atom stereocenters. The van der Waals surface area contributed by atoms with E-state index in [1.165, 1.54) is 12.1 Å². The molecule has 0 bridgehead atoms. The minimum Gasteiger partial charge on any atom is -0.350 e. The predicted octanol–water partition coefficient (Wildman–Crippen LogP) is 2.14. The van der Waals surface area contributed by atoms with Gasteiger partial charge in [-0.15, -0.1) is 0 Å². The van der Waals surface area contributed by atoms with Gasteiger partial charge in [-0.3, -0.25) is 4.79 Å². The Hall–Kier alpha value is -2.18. The van der Waals surface area contributed by atoms with Crippen LogP contribution in [0.4, 0.5) is 0 Å². The van der Waals surface area contributed by atoms with Gasteiger partial charge in [-0.05, 0) is 36.6 Å². The van der Waals surface area contributed by atoms with Gasteiger partial charge in [0.1, 0.15) is 0 Å². The molecule has 1 amide bonds. The monoisotopic (exact) mass is 332 g/mol. The first-order valence-corrected chi connectivity index (χ1v) is 8.87. The predicted molar refractivity (Wildman–Crippen MR) is 89.1 cm³/mol. The second-order valence-electron chi connectivity index (χ2n) is 5.39. The molecule has 5 nitrogen and oxygen atoms in total. The van der Waals surface area contributed by atoms with E-state index in [1.54, 1.807) is 12.1 Å². The van der Waals surface area contributed by atoms with Crippen molar-refractivity contribution in [3.05, 3.63) is 65.7 Å². The Balaban J connectivity index is 1.87. The molecule has 0 heterocycles. The van der Waals surface area contributed by atoms with Gasteiger partial charge < -0.3 is 5.32 Å². The van der Waals surface area contributed by atoms with E-state index in [1.807, 2.05) is 37.3 Å². The topological polar surface area (TPSA) is 89.3 Å². The molecule has 0 spiro atoms. The van der Waals surface area contributed by atoms with Crippen LogP contribution in [0.5, 0.6) is 0 Å². The van der Waals surface area contributed by atoms with E-state index in [0.29, 0.717) is 12.8 Å². The molecule has 0 fully saturated rings. The molecule has 3 N–H and O–H groups in total. The number of nitrogens with two attached hydrogens (primary N) is 1. The molecule has 0 aliphatic heterocycles. The molecule has 23 heavy (non-hydrogen) atoms. The molecule has 0 saturated heterocycles. The number of primary sulfonamides is 1. The molecule has 6 heteroatoms. The van der Waals surface area contributed by atoms with Crippen LogP contribution in [-0.2, 0) is 21.2 Å². The minimum absolute atomic E-state index is 0.0446. The van der Waals surface area contributed by atoms with Crippen molar-refractivity contribution in [1.29, 1.82) is 0 Å². The maximum absolute atomic E-state index is 12.0. The summed E-state index contributed by atoms with van der Waals surface area (Å²) >= 11 is 0. The first-order chi connectivity index (χ1) is 10.9. The lowest BCUT2D eigenvalue weighted by Gasteiger charge is -2.14. The third-order valence-electron chi connectivity index (χ3n) is 3.57. The van der Waals surface area contributed by atoms with E-state index in [0.717, 1.165) is 11.1 Å². The van der Waals surface area contributed by atoms with Crippen LogP contribution in [0.1, 0.15) is 30.5 Å². The summed E-state index contributed by atoms with van der Waals surface area (Å²) in [4.78, 5) is 12.1. The zero-order valence-corrected chi connectivity index (χ0v) is 13.7. The van der Waals surface area contributed by atoms with Crippen molar-refractivity contribution in [3.8, 4) is 0 Å². The normalized spacial score (nSPS) is 12.6. The van der Waals surface area contributed by atoms with Crippen LogP contribution in [0.15, 0.2) is 59.5 Å². The largest absolute Gasteiger partial charge is 0.350 e. The van der Waals surface area contributed by atoms with Gasteiger partial charge in [-0.1, -0.05) is 42.5 Å². The SMILES string of the molecule is C[C@@H](NC(=O)CCc1ccc(S(N)(=O)=O)cc1)c1ccccc1. The number of carbonyl (C=O) groups is 1. The molecule has 0 aromatic heterocycles. The zero-order chi connectivity index (χ0) is 16.9. The number of hydrogen-bond acceptors (Lipinski definition) is 3. The highest BCUT2D eigenvalue weighted by molar-refractivity contribution is 7.89. The number of aryl methyl sites for hydroxylation is 1. The van der Waals surface area contributed by atoms with Gasteiger partial charge >= 0.3 is 0 Å².